The third-order valence-corrected chi connectivity index (χ3v) is 3.38. The van der Waals surface area contributed by atoms with Crippen LogP contribution in [0.3, 0.4) is 0 Å². The van der Waals surface area contributed by atoms with Gasteiger partial charge in [-0.15, -0.1) is 0 Å². The Hall–Kier alpha value is -1.51. The van der Waals surface area contributed by atoms with Crippen LogP contribution < -0.4 is 4.74 Å². The van der Waals surface area contributed by atoms with Crippen molar-refractivity contribution in [3.05, 3.63) is 64.7 Å². The first-order valence-electron chi connectivity index (χ1n) is 6.74. The van der Waals surface area contributed by atoms with Crippen molar-refractivity contribution in [3.63, 3.8) is 0 Å². The lowest BCUT2D eigenvalue weighted by Crippen LogP contribution is -2.06. The van der Waals surface area contributed by atoms with Crippen LogP contribution in [0.5, 0.6) is 5.75 Å². The van der Waals surface area contributed by atoms with Gasteiger partial charge in [-0.05, 0) is 43.2 Å². The highest BCUT2D eigenvalue weighted by molar-refractivity contribution is 6.31. The molecule has 0 amide bonds. The van der Waals surface area contributed by atoms with Crippen LogP contribution in [-0.2, 0) is 6.42 Å². The normalized spacial score (nSPS) is 12.4. The highest BCUT2D eigenvalue weighted by Crippen LogP contribution is 2.25. The summed E-state index contributed by atoms with van der Waals surface area (Å²) < 4.78 is 5.58. The molecule has 0 spiro atoms. The van der Waals surface area contributed by atoms with Crippen molar-refractivity contribution in [2.75, 3.05) is 0 Å². The minimum absolute atomic E-state index is 0.147. The summed E-state index contributed by atoms with van der Waals surface area (Å²) in [7, 11) is 0. The maximum atomic E-state index is 10.3. The van der Waals surface area contributed by atoms with Gasteiger partial charge in [0.25, 0.3) is 0 Å². The summed E-state index contributed by atoms with van der Waals surface area (Å²) in [5.74, 6) is 0.814. The second-order valence-electron chi connectivity index (χ2n) is 5.05. The highest BCUT2D eigenvalue weighted by atomic mass is 35.5. The van der Waals surface area contributed by atoms with Crippen LogP contribution in [0, 0.1) is 0 Å². The van der Waals surface area contributed by atoms with Crippen LogP contribution >= 0.6 is 11.6 Å². The van der Waals surface area contributed by atoms with Crippen LogP contribution in [0.2, 0.25) is 5.02 Å². The van der Waals surface area contributed by atoms with Gasteiger partial charge in [0, 0.05) is 11.4 Å². The fourth-order valence-electron chi connectivity index (χ4n) is 2.03. The number of hydrogen-bond acceptors (Lipinski definition) is 2. The largest absolute Gasteiger partial charge is 0.491 e. The molecular weight excluding hydrogens is 272 g/mol. The van der Waals surface area contributed by atoms with Crippen LogP contribution in [0.4, 0.5) is 0 Å². The summed E-state index contributed by atoms with van der Waals surface area (Å²) in [4.78, 5) is 0. The SMILES string of the molecule is CC(C)Oc1ccc(C(O)Cc2ccccc2Cl)cc1. The third-order valence-electron chi connectivity index (χ3n) is 3.01. The molecule has 2 rings (SSSR count). The molecule has 0 radical (unpaired) electrons. The molecule has 2 aromatic rings. The van der Waals surface area contributed by atoms with E-state index in [1.807, 2.05) is 62.4 Å². The Morgan fingerprint density at radius 1 is 1.05 bits per heavy atom. The Labute approximate surface area is 125 Å². The Kier molecular flexibility index (Phi) is 5.05. The van der Waals surface area contributed by atoms with Gasteiger partial charge in [-0.1, -0.05) is 41.9 Å². The van der Waals surface area contributed by atoms with E-state index in [-0.39, 0.29) is 6.10 Å². The zero-order valence-corrected chi connectivity index (χ0v) is 12.5. The van der Waals surface area contributed by atoms with Gasteiger partial charge in [0.15, 0.2) is 0 Å². The van der Waals surface area contributed by atoms with Gasteiger partial charge in [0.2, 0.25) is 0 Å². The van der Waals surface area contributed by atoms with Gasteiger partial charge in [-0.25, -0.2) is 0 Å². The standard InChI is InChI=1S/C17H19ClO2/c1-12(2)20-15-9-7-13(8-10-15)17(19)11-14-5-3-4-6-16(14)18/h3-10,12,17,19H,11H2,1-2H3. The minimum atomic E-state index is -0.567. The molecule has 0 heterocycles. The molecule has 2 nitrogen and oxygen atoms in total. The van der Waals surface area contributed by atoms with Gasteiger partial charge in [0.05, 0.1) is 12.2 Å². The van der Waals surface area contributed by atoms with Crippen molar-refractivity contribution < 1.29 is 9.84 Å². The number of aliphatic hydroxyl groups is 1. The molecule has 0 aliphatic carbocycles. The molecule has 0 aliphatic rings. The molecule has 20 heavy (non-hydrogen) atoms. The number of benzene rings is 2. The fourth-order valence-corrected chi connectivity index (χ4v) is 2.24. The van der Waals surface area contributed by atoms with Gasteiger partial charge in [0.1, 0.15) is 5.75 Å². The van der Waals surface area contributed by atoms with E-state index in [9.17, 15) is 5.11 Å². The van der Waals surface area contributed by atoms with Crippen molar-refractivity contribution in [2.45, 2.75) is 32.5 Å². The molecule has 0 saturated heterocycles. The lowest BCUT2D eigenvalue weighted by Gasteiger charge is -2.14. The minimum Gasteiger partial charge on any atom is -0.491 e. The molecule has 1 unspecified atom stereocenters. The van der Waals surface area contributed by atoms with Gasteiger partial charge in [-0.3, -0.25) is 0 Å². The summed E-state index contributed by atoms with van der Waals surface area (Å²) in [5, 5.41) is 11.0. The van der Waals surface area contributed by atoms with Crippen molar-refractivity contribution in [1.82, 2.24) is 0 Å². The summed E-state index contributed by atoms with van der Waals surface area (Å²) in [6.45, 7) is 3.97. The second-order valence-corrected chi connectivity index (χ2v) is 5.45. The topological polar surface area (TPSA) is 29.5 Å². The predicted octanol–water partition coefficient (Wildman–Crippen LogP) is 4.40. The molecule has 0 fully saturated rings. The van der Waals surface area contributed by atoms with E-state index in [4.69, 9.17) is 16.3 Å². The summed E-state index contributed by atoms with van der Waals surface area (Å²) >= 11 is 6.11. The molecule has 1 N–H and O–H groups in total. The molecule has 0 saturated carbocycles. The summed E-state index contributed by atoms with van der Waals surface area (Å²) in [6.07, 6.45) is 0.0845. The molecule has 1 atom stereocenters. The van der Waals surface area contributed by atoms with E-state index in [1.165, 1.54) is 0 Å². The smallest absolute Gasteiger partial charge is 0.119 e. The number of rotatable bonds is 5. The first-order valence-corrected chi connectivity index (χ1v) is 7.12. The van der Waals surface area contributed by atoms with Crippen LogP contribution in [-0.4, -0.2) is 11.2 Å². The van der Waals surface area contributed by atoms with E-state index in [1.54, 1.807) is 0 Å². The van der Waals surface area contributed by atoms with E-state index < -0.39 is 6.10 Å². The van der Waals surface area contributed by atoms with E-state index in [0.717, 1.165) is 16.9 Å². The number of aliphatic hydroxyl groups excluding tert-OH is 1. The summed E-state index contributed by atoms with van der Waals surface area (Å²) in [6, 6.07) is 15.1. The highest BCUT2D eigenvalue weighted by Gasteiger charge is 2.11. The number of ether oxygens (including phenoxy) is 1. The zero-order valence-electron chi connectivity index (χ0n) is 11.7. The Balaban J connectivity index is 2.06. The average Bonchev–Trinajstić information content (AvgIpc) is 2.41. The molecule has 2 aromatic carbocycles. The lowest BCUT2D eigenvalue weighted by atomic mass is 10.0. The molecule has 0 bridgehead atoms. The maximum Gasteiger partial charge on any atom is 0.119 e. The second kappa shape index (κ2) is 6.78. The zero-order chi connectivity index (χ0) is 14.5. The van der Waals surface area contributed by atoms with Crippen molar-refractivity contribution in [1.29, 1.82) is 0 Å². The molecule has 106 valence electrons. The lowest BCUT2D eigenvalue weighted by molar-refractivity contribution is 0.178. The van der Waals surface area contributed by atoms with Crippen LogP contribution in [0.15, 0.2) is 48.5 Å². The van der Waals surface area contributed by atoms with Crippen LogP contribution in [0.1, 0.15) is 31.1 Å². The summed E-state index contributed by atoms with van der Waals surface area (Å²) in [5.41, 5.74) is 1.81. The number of halogens is 1. The monoisotopic (exact) mass is 290 g/mol. The van der Waals surface area contributed by atoms with E-state index in [0.29, 0.717) is 11.4 Å². The van der Waals surface area contributed by atoms with E-state index >= 15 is 0 Å². The quantitative estimate of drug-likeness (QED) is 0.884. The number of hydrogen-bond donors (Lipinski definition) is 1. The van der Waals surface area contributed by atoms with Crippen molar-refractivity contribution >= 4 is 11.6 Å². The third kappa shape index (κ3) is 3.99. The van der Waals surface area contributed by atoms with Gasteiger partial charge >= 0.3 is 0 Å². The fraction of sp³-hybridized carbons (Fsp3) is 0.294. The Morgan fingerprint density at radius 2 is 1.70 bits per heavy atom. The van der Waals surface area contributed by atoms with E-state index in [2.05, 4.69) is 0 Å². The molecular formula is C17H19ClO2. The maximum absolute atomic E-state index is 10.3. The molecule has 0 aliphatic heterocycles. The van der Waals surface area contributed by atoms with Crippen molar-refractivity contribution in [3.8, 4) is 5.75 Å². The first-order chi connectivity index (χ1) is 9.56. The molecule has 0 aromatic heterocycles. The first kappa shape index (κ1) is 14.9. The Bertz CT molecular complexity index is 549. The van der Waals surface area contributed by atoms with Gasteiger partial charge in [-0.2, -0.15) is 0 Å². The van der Waals surface area contributed by atoms with Crippen LogP contribution in [0.25, 0.3) is 0 Å². The molecule has 3 heteroatoms. The predicted molar refractivity (Wildman–Crippen MR) is 82.3 cm³/mol. The average molecular weight is 291 g/mol. The van der Waals surface area contributed by atoms with Gasteiger partial charge < -0.3 is 9.84 Å². The van der Waals surface area contributed by atoms with Crippen molar-refractivity contribution in [2.24, 2.45) is 0 Å². The Morgan fingerprint density at radius 3 is 2.30 bits per heavy atom.